The molecule has 2 unspecified atom stereocenters. The molecular formula is C18H30N2. The zero-order valence-corrected chi connectivity index (χ0v) is 13.5. The molecule has 2 nitrogen and oxygen atoms in total. The highest BCUT2D eigenvalue weighted by Crippen LogP contribution is 2.28. The molecule has 1 fully saturated rings. The maximum atomic E-state index is 3.80. The molecule has 112 valence electrons. The maximum Gasteiger partial charge on any atom is 0.0535 e. The van der Waals surface area contributed by atoms with Crippen LogP contribution in [0.15, 0.2) is 30.3 Å². The second-order valence-corrected chi connectivity index (χ2v) is 6.41. The number of benzene rings is 1. The number of hydrogen-bond acceptors (Lipinski definition) is 2. The molecule has 0 saturated carbocycles. The molecule has 1 aliphatic heterocycles. The van der Waals surface area contributed by atoms with Gasteiger partial charge in [0, 0.05) is 18.6 Å². The van der Waals surface area contributed by atoms with Gasteiger partial charge in [-0.15, -0.1) is 0 Å². The van der Waals surface area contributed by atoms with E-state index in [2.05, 4.69) is 68.2 Å². The highest BCUT2D eigenvalue weighted by Gasteiger charge is 2.35. The van der Waals surface area contributed by atoms with Gasteiger partial charge in [-0.1, -0.05) is 44.2 Å². The third-order valence-corrected chi connectivity index (χ3v) is 4.96. The molecule has 1 heterocycles. The molecule has 1 N–H and O–H groups in total. The summed E-state index contributed by atoms with van der Waals surface area (Å²) in [5.41, 5.74) is 1.47. The van der Waals surface area contributed by atoms with Crippen LogP contribution in [0.1, 0.15) is 52.5 Å². The van der Waals surface area contributed by atoms with Crippen molar-refractivity contribution in [2.24, 2.45) is 0 Å². The summed E-state index contributed by atoms with van der Waals surface area (Å²) in [5, 5.41) is 3.80. The highest BCUT2D eigenvalue weighted by atomic mass is 15.2. The third kappa shape index (κ3) is 3.24. The van der Waals surface area contributed by atoms with E-state index in [1.54, 1.807) is 0 Å². The first kappa shape index (κ1) is 15.5. The van der Waals surface area contributed by atoms with Crippen molar-refractivity contribution in [2.75, 3.05) is 13.1 Å². The van der Waals surface area contributed by atoms with Gasteiger partial charge < -0.3 is 5.32 Å². The van der Waals surface area contributed by atoms with Gasteiger partial charge in [0.15, 0.2) is 0 Å². The second-order valence-electron chi connectivity index (χ2n) is 6.41. The summed E-state index contributed by atoms with van der Waals surface area (Å²) in [6, 6.07) is 12.3. The lowest BCUT2D eigenvalue weighted by Crippen LogP contribution is -2.50. The van der Waals surface area contributed by atoms with Gasteiger partial charge in [0.1, 0.15) is 0 Å². The molecule has 0 spiro atoms. The Morgan fingerprint density at radius 3 is 2.50 bits per heavy atom. The Morgan fingerprint density at radius 2 is 1.90 bits per heavy atom. The van der Waals surface area contributed by atoms with E-state index in [-0.39, 0.29) is 5.54 Å². The zero-order valence-electron chi connectivity index (χ0n) is 13.5. The Hall–Kier alpha value is -0.860. The van der Waals surface area contributed by atoms with E-state index in [1.165, 1.54) is 24.8 Å². The van der Waals surface area contributed by atoms with Gasteiger partial charge in [-0.3, -0.25) is 4.90 Å². The summed E-state index contributed by atoms with van der Waals surface area (Å²) in [6.07, 6.45) is 3.72. The van der Waals surface area contributed by atoms with E-state index >= 15 is 0 Å². The van der Waals surface area contributed by atoms with Gasteiger partial charge in [0.2, 0.25) is 0 Å². The largest absolute Gasteiger partial charge is 0.306 e. The fraction of sp³-hybridized carbons (Fsp3) is 0.667. The van der Waals surface area contributed by atoms with Crippen LogP contribution in [0.25, 0.3) is 0 Å². The molecule has 0 radical (unpaired) electrons. The summed E-state index contributed by atoms with van der Waals surface area (Å²) in [4.78, 5) is 2.73. The van der Waals surface area contributed by atoms with Crippen molar-refractivity contribution < 1.29 is 0 Å². The Bertz CT molecular complexity index is 399. The topological polar surface area (TPSA) is 15.3 Å². The Labute approximate surface area is 124 Å². The molecule has 1 aromatic carbocycles. The minimum atomic E-state index is 0.0641. The molecule has 0 bridgehead atoms. The zero-order chi connectivity index (χ0) is 14.6. The maximum absolute atomic E-state index is 3.80. The van der Waals surface area contributed by atoms with Gasteiger partial charge in [-0.05, 0) is 45.2 Å². The predicted molar refractivity (Wildman–Crippen MR) is 87.0 cm³/mol. The summed E-state index contributed by atoms with van der Waals surface area (Å²) < 4.78 is 0. The number of hydrogen-bond donors (Lipinski definition) is 1. The summed E-state index contributed by atoms with van der Waals surface area (Å²) in [6.45, 7) is 11.6. The van der Waals surface area contributed by atoms with Crippen molar-refractivity contribution in [2.45, 2.75) is 64.6 Å². The number of nitrogens with zero attached hydrogens (tertiary/aromatic N) is 1. The Kier molecular flexibility index (Phi) is 5.22. The van der Waals surface area contributed by atoms with Crippen LogP contribution in [0, 0.1) is 0 Å². The van der Waals surface area contributed by atoms with Crippen LogP contribution in [0.2, 0.25) is 0 Å². The number of nitrogens with one attached hydrogen (secondary N) is 1. The molecular weight excluding hydrogens is 244 g/mol. The second kappa shape index (κ2) is 6.73. The fourth-order valence-corrected chi connectivity index (χ4v) is 3.55. The quantitative estimate of drug-likeness (QED) is 0.899. The smallest absolute Gasteiger partial charge is 0.0535 e. The lowest BCUT2D eigenvalue weighted by atomic mass is 9.90. The molecule has 2 rings (SSSR count). The molecule has 1 saturated heterocycles. The van der Waals surface area contributed by atoms with Crippen molar-refractivity contribution in [3.63, 3.8) is 0 Å². The van der Waals surface area contributed by atoms with Gasteiger partial charge in [-0.2, -0.15) is 0 Å². The van der Waals surface area contributed by atoms with Gasteiger partial charge in [0.05, 0.1) is 5.54 Å². The third-order valence-electron chi connectivity index (χ3n) is 4.96. The predicted octanol–water partition coefficient (Wildman–Crippen LogP) is 3.77. The van der Waals surface area contributed by atoms with Gasteiger partial charge >= 0.3 is 0 Å². The van der Waals surface area contributed by atoms with E-state index in [0.29, 0.717) is 12.1 Å². The minimum Gasteiger partial charge on any atom is -0.306 e. The van der Waals surface area contributed by atoms with Crippen LogP contribution in [0.4, 0.5) is 0 Å². The van der Waals surface area contributed by atoms with Crippen LogP contribution in [0.5, 0.6) is 0 Å². The molecule has 20 heavy (non-hydrogen) atoms. The summed E-state index contributed by atoms with van der Waals surface area (Å²) in [7, 11) is 0. The van der Waals surface area contributed by atoms with Crippen LogP contribution in [-0.4, -0.2) is 30.1 Å². The van der Waals surface area contributed by atoms with E-state index in [1.807, 2.05) is 0 Å². The van der Waals surface area contributed by atoms with E-state index in [9.17, 15) is 0 Å². The first-order chi connectivity index (χ1) is 9.60. The van der Waals surface area contributed by atoms with Gasteiger partial charge in [-0.25, -0.2) is 0 Å². The summed E-state index contributed by atoms with van der Waals surface area (Å²) >= 11 is 0. The van der Waals surface area contributed by atoms with Crippen molar-refractivity contribution >= 4 is 0 Å². The lowest BCUT2D eigenvalue weighted by Gasteiger charge is -2.40. The molecule has 0 aromatic heterocycles. The van der Waals surface area contributed by atoms with Crippen LogP contribution in [0.3, 0.4) is 0 Å². The van der Waals surface area contributed by atoms with E-state index < -0.39 is 0 Å². The number of rotatable bonds is 4. The molecule has 2 atom stereocenters. The average Bonchev–Trinajstić information content (AvgIpc) is 2.62. The monoisotopic (exact) mass is 274 g/mol. The summed E-state index contributed by atoms with van der Waals surface area (Å²) in [5.74, 6) is 0. The first-order valence-electron chi connectivity index (χ1n) is 8.17. The standard InChI is InChI=1S/C18H30N2/c1-5-17(6-2)20-14-18(4,19-13-12-15(20)3)16-10-8-7-9-11-16/h7-11,15,17,19H,5-6,12-14H2,1-4H3. The SMILES string of the molecule is CCC(CC)N1CC(C)(c2ccccc2)NCCC1C. The van der Waals surface area contributed by atoms with Crippen molar-refractivity contribution in [1.82, 2.24) is 10.2 Å². The van der Waals surface area contributed by atoms with Gasteiger partial charge in [0.25, 0.3) is 0 Å². The van der Waals surface area contributed by atoms with E-state index in [4.69, 9.17) is 0 Å². The Balaban J connectivity index is 2.26. The average molecular weight is 274 g/mol. The van der Waals surface area contributed by atoms with Crippen LogP contribution in [-0.2, 0) is 5.54 Å². The van der Waals surface area contributed by atoms with Crippen molar-refractivity contribution in [3.8, 4) is 0 Å². The van der Waals surface area contributed by atoms with Crippen LogP contribution >= 0.6 is 0 Å². The first-order valence-corrected chi connectivity index (χ1v) is 8.17. The minimum absolute atomic E-state index is 0.0641. The van der Waals surface area contributed by atoms with E-state index in [0.717, 1.165) is 13.1 Å². The van der Waals surface area contributed by atoms with Crippen LogP contribution < -0.4 is 5.32 Å². The molecule has 1 aliphatic rings. The molecule has 0 aliphatic carbocycles. The molecule has 2 heteroatoms. The fourth-order valence-electron chi connectivity index (χ4n) is 3.55. The Morgan fingerprint density at radius 1 is 1.25 bits per heavy atom. The molecule has 1 aromatic rings. The normalized spacial score (nSPS) is 28.6. The lowest BCUT2D eigenvalue weighted by molar-refractivity contribution is 0.111. The highest BCUT2D eigenvalue weighted by molar-refractivity contribution is 5.24. The molecule has 0 amide bonds. The van der Waals surface area contributed by atoms with Crippen molar-refractivity contribution in [3.05, 3.63) is 35.9 Å². The van der Waals surface area contributed by atoms with Crippen molar-refractivity contribution in [1.29, 1.82) is 0 Å².